The summed E-state index contributed by atoms with van der Waals surface area (Å²) in [5, 5.41) is 21.9. The second kappa shape index (κ2) is 20.2. The molecule has 7 atom stereocenters. The van der Waals surface area contributed by atoms with Gasteiger partial charge < -0.3 is 48.9 Å². The van der Waals surface area contributed by atoms with Crippen molar-refractivity contribution in [3.63, 3.8) is 0 Å². The number of aliphatic carboxylic acids is 1. The zero-order chi connectivity index (χ0) is 33.3. The van der Waals surface area contributed by atoms with Gasteiger partial charge in [-0.1, -0.05) is 40.5 Å². The molecule has 0 aromatic heterocycles. The quantitative estimate of drug-likeness (QED) is 0.0616. The minimum Gasteiger partial charge on any atom is -0.480 e. The van der Waals surface area contributed by atoms with Crippen LogP contribution >= 0.6 is 0 Å². The van der Waals surface area contributed by atoms with Gasteiger partial charge >= 0.3 is 5.97 Å². The topological polar surface area (TPSA) is 278 Å². The zero-order valence-corrected chi connectivity index (χ0v) is 25.7. The van der Waals surface area contributed by atoms with E-state index in [-0.39, 0.29) is 18.3 Å². The summed E-state index contributed by atoms with van der Waals surface area (Å²) >= 11 is 0. The van der Waals surface area contributed by atoms with E-state index in [1.807, 2.05) is 6.92 Å². The molecule has 0 bridgehead atoms. The van der Waals surface area contributed by atoms with Crippen LogP contribution < -0.4 is 43.8 Å². The van der Waals surface area contributed by atoms with E-state index >= 15 is 0 Å². The van der Waals surface area contributed by atoms with Gasteiger partial charge in [0, 0.05) is 0 Å². The van der Waals surface area contributed by atoms with Gasteiger partial charge in [-0.25, -0.2) is 4.79 Å². The van der Waals surface area contributed by atoms with Crippen molar-refractivity contribution in [1.82, 2.24) is 26.6 Å². The molecule has 0 aromatic rings. The van der Waals surface area contributed by atoms with Crippen LogP contribution in [0.1, 0.15) is 73.1 Å². The standard InChI is InChI=1S/C27H50N8O8/c1-6-14(3)21(26(41)35-22(27(42)43)15(4)7-2)34-23(38)16(5)32-20(37)13-31-25(40)18(10-8-9-11-28)33-24(39)17(29)12-19(30)36/h14-18,21-22H,6-13,28-29H2,1-5H3,(H2,30,36)(H,31,40)(H,32,37)(H,33,39)(H,34,38)(H,35,41)(H,42,43)/t14-,15-,16-,17-,18-,21-,22-/m0/s1. The molecule has 0 unspecified atom stereocenters. The Morgan fingerprint density at radius 3 is 1.81 bits per heavy atom. The number of nitrogens with one attached hydrogen (secondary N) is 5. The lowest BCUT2D eigenvalue weighted by molar-refractivity contribution is -0.144. The highest BCUT2D eigenvalue weighted by Crippen LogP contribution is 2.12. The van der Waals surface area contributed by atoms with E-state index in [9.17, 15) is 38.7 Å². The Labute approximate surface area is 252 Å². The summed E-state index contributed by atoms with van der Waals surface area (Å²) in [5.41, 5.74) is 16.2. The molecular formula is C27H50N8O8. The number of unbranched alkanes of at least 4 members (excludes halogenated alkanes) is 1. The van der Waals surface area contributed by atoms with Crippen molar-refractivity contribution in [2.45, 2.75) is 103 Å². The third-order valence-corrected chi connectivity index (χ3v) is 7.10. The first-order valence-corrected chi connectivity index (χ1v) is 14.5. The van der Waals surface area contributed by atoms with Gasteiger partial charge in [0.05, 0.1) is 19.0 Å². The number of carbonyl (C=O) groups is 7. The van der Waals surface area contributed by atoms with Crippen LogP contribution in [0.5, 0.6) is 0 Å². The van der Waals surface area contributed by atoms with Gasteiger partial charge in [-0.05, 0) is 44.6 Å². The van der Waals surface area contributed by atoms with E-state index in [4.69, 9.17) is 17.2 Å². The molecule has 0 heterocycles. The van der Waals surface area contributed by atoms with Crippen LogP contribution in [-0.4, -0.2) is 89.8 Å². The molecule has 0 saturated carbocycles. The van der Waals surface area contributed by atoms with Gasteiger partial charge in [-0.3, -0.25) is 28.8 Å². The summed E-state index contributed by atoms with van der Waals surface area (Å²) in [6.07, 6.45) is 1.85. The van der Waals surface area contributed by atoms with Crippen molar-refractivity contribution in [2.75, 3.05) is 13.1 Å². The monoisotopic (exact) mass is 614 g/mol. The van der Waals surface area contributed by atoms with Crippen LogP contribution in [0.2, 0.25) is 0 Å². The largest absolute Gasteiger partial charge is 0.480 e. The molecule has 0 rings (SSSR count). The van der Waals surface area contributed by atoms with Crippen molar-refractivity contribution in [2.24, 2.45) is 29.0 Å². The molecule has 16 heteroatoms. The van der Waals surface area contributed by atoms with E-state index < -0.39 is 84.6 Å². The lowest BCUT2D eigenvalue weighted by atomic mass is 9.95. The molecule has 246 valence electrons. The Balaban J connectivity index is 5.25. The van der Waals surface area contributed by atoms with E-state index in [0.717, 1.165) is 0 Å². The molecule has 0 radical (unpaired) electrons. The van der Waals surface area contributed by atoms with Gasteiger partial charge in [-0.2, -0.15) is 0 Å². The van der Waals surface area contributed by atoms with Gasteiger partial charge in [0.25, 0.3) is 0 Å². The maximum Gasteiger partial charge on any atom is 0.326 e. The van der Waals surface area contributed by atoms with Crippen LogP contribution in [0, 0.1) is 11.8 Å². The molecule has 0 saturated heterocycles. The minimum atomic E-state index is -1.25. The van der Waals surface area contributed by atoms with Crippen LogP contribution in [0.25, 0.3) is 0 Å². The summed E-state index contributed by atoms with van der Waals surface area (Å²) in [5.74, 6) is -6.18. The molecule has 12 N–H and O–H groups in total. The highest BCUT2D eigenvalue weighted by atomic mass is 16.4. The number of carbonyl (C=O) groups excluding carboxylic acids is 6. The molecular weight excluding hydrogens is 564 g/mol. The number of hydrogen-bond acceptors (Lipinski definition) is 9. The number of carboxylic acids is 1. The second-order valence-electron chi connectivity index (χ2n) is 10.7. The first-order valence-electron chi connectivity index (χ1n) is 14.5. The molecule has 0 aliphatic carbocycles. The summed E-state index contributed by atoms with van der Waals surface area (Å²) in [7, 11) is 0. The van der Waals surface area contributed by atoms with Crippen LogP contribution in [0.15, 0.2) is 0 Å². The molecule has 43 heavy (non-hydrogen) atoms. The highest BCUT2D eigenvalue weighted by molar-refractivity contribution is 5.95. The number of nitrogens with two attached hydrogens (primary N) is 3. The highest BCUT2D eigenvalue weighted by Gasteiger charge is 2.33. The fourth-order valence-corrected chi connectivity index (χ4v) is 3.90. The van der Waals surface area contributed by atoms with Crippen molar-refractivity contribution in [3.8, 4) is 0 Å². The SMILES string of the molecule is CC[C@H](C)[C@H](NC(=O)[C@@H](NC(=O)[C@H](C)NC(=O)CNC(=O)[C@H](CCCCN)NC(=O)[C@@H](N)CC(N)=O)[C@@H](C)CC)C(=O)O. The third-order valence-electron chi connectivity index (χ3n) is 7.10. The number of hydrogen-bond donors (Lipinski definition) is 9. The molecule has 6 amide bonds. The first-order chi connectivity index (χ1) is 20.1. The Bertz CT molecular complexity index is 979. The average Bonchev–Trinajstić information content (AvgIpc) is 2.94. The fraction of sp³-hybridized carbons (Fsp3) is 0.741. The molecule has 0 aromatic carbocycles. The molecule has 16 nitrogen and oxygen atoms in total. The Kier molecular flexibility index (Phi) is 18.4. The number of amides is 6. The van der Waals surface area contributed by atoms with Gasteiger partial charge in [0.1, 0.15) is 24.2 Å². The summed E-state index contributed by atoms with van der Waals surface area (Å²) < 4.78 is 0. The van der Waals surface area contributed by atoms with Crippen LogP contribution in [-0.2, 0) is 33.6 Å². The van der Waals surface area contributed by atoms with Gasteiger partial charge in [0.2, 0.25) is 35.4 Å². The maximum absolute atomic E-state index is 13.0. The van der Waals surface area contributed by atoms with Gasteiger partial charge in [0.15, 0.2) is 0 Å². The number of rotatable bonds is 21. The minimum absolute atomic E-state index is 0.192. The van der Waals surface area contributed by atoms with E-state index in [0.29, 0.717) is 32.2 Å². The van der Waals surface area contributed by atoms with Crippen molar-refractivity contribution in [3.05, 3.63) is 0 Å². The van der Waals surface area contributed by atoms with E-state index in [1.165, 1.54) is 6.92 Å². The van der Waals surface area contributed by atoms with Crippen LogP contribution in [0.4, 0.5) is 0 Å². The predicted molar refractivity (Wildman–Crippen MR) is 158 cm³/mol. The zero-order valence-electron chi connectivity index (χ0n) is 25.7. The summed E-state index contributed by atoms with van der Waals surface area (Å²) in [6, 6.07) is -5.62. The lowest BCUT2D eigenvalue weighted by Crippen LogP contribution is -2.58. The lowest BCUT2D eigenvalue weighted by Gasteiger charge is -2.28. The number of carboxylic acid groups (broad SMARTS) is 1. The number of primary amides is 1. The molecule has 0 aliphatic rings. The molecule has 0 spiro atoms. The summed E-state index contributed by atoms with van der Waals surface area (Å²) in [4.78, 5) is 86.1. The third kappa shape index (κ3) is 14.8. The Morgan fingerprint density at radius 2 is 1.30 bits per heavy atom. The smallest absolute Gasteiger partial charge is 0.326 e. The Hall–Kier alpha value is -3.79. The molecule has 0 fully saturated rings. The van der Waals surface area contributed by atoms with Gasteiger partial charge in [-0.15, -0.1) is 0 Å². The van der Waals surface area contributed by atoms with Crippen molar-refractivity contribution >= 4 is 41.4 Å². The first kappa shape index (κ1) is 39.2. The van der Waals surface area contributed by atoms with E-state index in [2.05, 4.69) is 26.6 Å². The van der Waals surface area contributed by atoms with Crippen molar-refractivity contribution in [1.29, 1.82) is 0 Å². The van der Waals surface area contributed by atoms with Crippen molar-refractivity contribution < 1.29 is 38.7 Å². The van der Waals surface area contributed by atoms with Crippen LogP contribution in [0.3, 0.4) is 0 Å². The maximum atomic E-state index is 13.0. The van der Waals surface area contributed by atoms with E-state index in [1.54, 1.807) is 20.8 Å². The predicted octanol–water partition coefficient (Wildman–Crippen LogP) is -2.43. The Morgan fingerprint density at radius 1 is 0.744 bits per heavy atom. The average molecular weight is 615 g/mol. The fourth-order valence-electron chi connectivity index (χ4n) is 3.90. The summed E-state index contributed by atoms with van der Waals surface area (Å²) in [6.45, 7) is 8.25. The molecule has 0 aliphatic heterocycles. The second-order valence-corrected chi connectivity index (χ2v) is 10.7. The normalized spacial score (nSPS) is 15.8.